The first-order chi connectivity index (χ1) is 6.85. The fourth-order valence-corrected chi connectivity index (χ4v) is 1.65. The topological polar surface area (TPSA) is 30.0 Å². The Hall–Kier alpha value is -1.41. The van der Waals surface area contributed by atoms with E-state index in [4.69, 9.17) is 11.6 Å². The van der Waals surface area contributed by atoms with Gasteiger partial charge in [0.1, 0.15) is 5.69 Å². The van der Waals surface area contributed by atoms with E-state index in [2.05, 4.69) is 4.98 Å². The van der Waals surface area contributed by atoms with E-state index in [1.807, 2.05) is 24.3 Å². The molecule has 0 aliphatic rings. The van der Waals surface area contributed by atoms with Crippen molar-refractivity contribution < 1.29 is 4.79 Å². The van der Waals surface area contributed by atoms with Crippen LogP contribution in [0.5, 0.6) is 0 Å². The first kappa shape index (κ1) is 9.16. The van der Waals surface area contributed by atoms with E-state index in [9.17, 15) is 4.79 Å². The van der Waals surface area contributed by atoms with Crippen LogP contribution >= 0.6 is 11.6 Å². The summed E-state index contributed by atoms with van der Waals surface area (Å²) in [5.41, 5.74) is 2.30. The third-order valence-electron chi connectivity index (χ3n) is 2.11. The number of aldehydes is 1. The number of hydrogen-bond donors (Lipinski definition) is 0. The van der Waals surface area contributed by atoms with Gasteiger partial charge in [-0.1, -0.05) is 18.2 Å². The van der Waals surface area contributed by atoms with Crippen molar-refractivity contribution >= 4 is 28.8 Å². The number of hydrogen-bond acceptors (Lipinski definition) is 2. The molecule has 0 spiro atoms. The van der Waals surface area contributed by atoms with Gasteiger partial charge in [-0.25, -0.2) is 4.98 Å². The number of halogens is 1. The van der Waals surface area contributed by atoms with Crippen LogP contribution in [0.4, 0.5) is 0 Å². The van der Waals surface area contributed by atoms with Crippen molar-refractivity contribution in [3.05, 3.63) is 41.6 Å². The van der Waals surface area contributed by atoms with Gasteiger partial charge in [0.05, 0.1) is 5.52 Å². The predicted octanol–water partition coefficient (Wildman–Crippen LogP) is 2.79. The maximum atomic E-state index is 10.5. The number of pyridine rings is 1. The van der Waals surface area contributed by atoms with E-state index in [-0.39, 0.29) is 0 Å². The van der Waals surface area contributed by atoms with Crippen LogP contribution in [0.25, 0.3) is 10.9 Å². The zero-order valence-electron chi connectivity index (χ0n) is 7.40. The van der Waals surface area contributed by atoms with Crippen LogP contribution < -0.4 is 0 Å². The van der Waals surface area contributed by atoms with Crippen LogP contribution in [0.1, 0.15) is 16.1 Å². The number of alkyl halides is 1. The van der Waals surface area contributed by atoms with Crippen molar-refractivity contribution in [2.45, 2.75) is 5.88 Å². The monoisotopic (exact) mass is 205 g/mol. The standard InChI is InChI=1S/C11H8ClNO/c12-6-8-2-1-3-11-10(8)5-4-9(7-14)13-11/h1-5,7H,6H2. The van der Waals surface area contributed by atoms with Crippen LogP contribution in [0, 0.1) is 0 Å². The molecule has 0 N–H and O–H groups in total. The highest BCUT2D eigenvalue weighted by atomic mass is 35.5. The zero-order valence-corrected chi connectivity index (χ0v) is 8.16. The van der Waals surface area contributed by atoms with Crippen molar-refractivity contribution in [3.63, 3.8) is 0 Å². The highest BCUT2D eigenvalue weighted by molar-refractivity contribution is 6.18. The molecule has 70 valence electrons. The van der Waals surface area contributed by atoms with Crippen molar-refractivity contribution in [3.8, 4) is 0 Å². The second-order valence-electron chi connectivity index (χ2n) is 2.97. The van der Waals surface area contributed by atoms with E-state index in [0.29, 0.717) is 11.6 Å². The molecule has 1 heterocycles. The zero-order chi connectivity index (χ0) is 9.97. The Labute approximate surface area is 86.5 Å². The number of carbonyl (C=O) groups is 1. The van der Waals surface area contributed by atoms with E-state index in [1.54, 1.807) is 6.07 Å². The van der Waals surface area contributed by atoms with Crippen LogP contribution in [0.2, 0.25) is 0 Å². The minimum atomic E-state index is 0.448. The maximum Gasteiger partial charge on any atom is 0.168 e. The lowest BCUT2D eigenvalue weighted by Crippen LogP contribution is -1.89. The van der Waals surface area contributed by atoms with Gasteiger partial charge in [-0.05, 0) is 17.7 Å². The lowest BCUT2D eigenvalue weighted by molar-refractivity contribution is 0.111. The number of rotatable bonds is 2. The molecule has 0 amide bonds. The highest BCUT2D eigenvalue weighted by Crippen LogP contribution is 2.18. The summed E-state index contributed by atoms with van der Waals surface area (Å²) in [6, 6.07) is 9.30. The SMILES string of the molecule is O=Cc1ccc2c(CCl)cccc2n1. The molecular weight excluding hydrogens is 198 g/mol. The summed E-state index contributed by atoms with van der Waals surface area (Å²) in [5, 5.41) is 1.01. The van der Waals surface area contributed by atoms with Gasteiger partial charge < -0.3 is 0 Å². The van der Waals surface area contributed by atoms with Crippen molar-refractivity contribution in [2.24, 2.45) is 0 Å². The molecular formula is C11H8ClNO. The van der Waals surface area contributed by atoms with Crippen LogP contribution in [0.3, 0.4) is 0 Å². The quantitative estimate of drug-likeness (QED) is 0.558. The molecule has 1 aromatic carbocycles. The molecule has 0 fully saturated rings. The van der Waals surface area contributed by atoms with Gasteiger partial charge in [-0.3, -0.25) is 4.79 Å². The van der Waals surface area contributed by atoms with Crippen LogP contribution in [-0.2, 0) is 5.88 Å². The number of benzene rings is 1. The minimum Gasteiger partial charge on any atom is -0.296 e. The molecule has 0 bridgehead atoms. The fraction of sp³-hybridized carbons (Fsp3) is 0.0909. The fourth-order valence-electron chi connectivity index (χ4n) is 1.42. The number of fused-ring (bicyclic) bond motifs is 1. The summed E-state index contributed by atoms with van der Waals surface area (Å²) in [6.45, 7) is 0. The molecule has 0 aliphatic heterocycles. The van der Waals surface area contributed by atoms with Crippen molar-refractivity contribution in [1.29, 1.82) is 0 Å². The minimum absolute atomic E-state index is 0.448. The Morgan fingerprint density at radius 3 is 2.86 bits per heavy atom. The molecule has 0 saturated heterocycles. The van der Waals surface area contributed by atoms with Gasteiger partial charge in [-0.2, -0.15) is 0 Å². The second kappa shape index (κ2) is 3.76. The molecule has 14 heavy (non-hydrogen) atoms. The maximum absolute atomic E-state index is 10.5. The van der Waals surface area contributed by atoms with Gasteiger partial charge in [0.15, 0.2) is 6.29 Å². The Balaban J connectivity index is 2.73. The predicted molar refractivity (Wildman–Crippen MR) is 56.7 cm³/mol. The number of carbonyl (C=O) groups excluding carboxylic acids is 1. The summed E-state index contributed by atoms with van der Waals surface area (Å²) >= 11 is 5.78. The Morgan fingerprint density at radius 1 is 1.29 bits per heavy atom. The smallest absolute Gasteiger partial charge is 0.168 e. The summed E-state index contributed by atoms with van der Waals surface area (Å²) in [7, 11) is 0. The first-order valence-electron chi connectivity index (χ1n) is 4.25. The summed E-state index contributed by atoms with van der Waals surface area (Å²) < 4.78 is 0. The first-order valence-corrected chi connectivity index (χ1v) is 4.78. The average Bonchev–Trinajstić information content (AvgIpc) is 2.27. The molecule has 2 rings (SSSR count). The highest BCUT2D eigenvalue weighted by Gasteiger charge is 2.01. The van der Waals surface area contributed by atoms with Gasteiger partial charge in [0.25, 0.3) is 0 Å². The lowest BCUT2D eigenvalue weighted by Gasteiger charge is -2.02. The molecule has 1 aromatic heterocycles. The Morgan fingerprint density at radius 2 is 2.14 bits per heavy atom. The van der Waals surface area contributed by atoms with Crippen molar-refractivity contribution in [2.75, 3.05) is 0 Å². The van der Waals surface area contributed by atoms with Crippen LogP contribution in [0.15, 0.2) is 30.3 Å². The van der Waals surface area contributed by atoms with Gasteiger partial charge in [-0.15, -0.1) is 11.6 Å². The van der Waals surface area contributed by atoms with Gasteiger partial charge >= 0.3 is 0 Å². The summed E-state index contributed by atoms with van der Waals surface area (Å²) in [5.74, 6) is 0.458. The third kappa shape index (κ3) is 1.49. The summed E-state index contributed by atoms with van der Waals surface area (Å²) in [4.78, 5) is 14.7. The van der Waals surface area contributed by atoms with E-state index >= 15 is 0 Å². The van der Waals surface area contributed by atoms with Crippen LogP contribution in [-0.4, -0.2) is 11.3 Å². The molecule has 0 saturated carbocycles. The molecule has 0 atom stereocenters. The largest absolute Gasteiger partial charge is 0.296 e. The molecule has 2 aromatic rings. The molecule has 0 aliphatic carbocycles. The van der Waals surface area contributed by atoms with E-state index in [0.717, 1.165) is 22.8 Å². The molecule has 2 nitrogen and oxygen atoms in total. The molecule has 0 radical (unpaired) electrons. The lowest BCUT2D eigenvalue weighted by atomic mass is 10.1. The van der Waals surface area contributed by atoms with Gasteiger partial charge in [0.2, 0.25) is 0 Å². The third-order valence-corrected chi connectivity index (χ3v) is 2.40. The van der Waals surface area contributed by atoms with Crippen molar-refractivity contribution in [1.82, 2.24) is 4.98 Å². The number of aromatic nitrogens is 1. The normalized spacial score (nSPS) is 10.4. The average molecular weight is 206 g/mol. The van der Waals surface area contributed by atoms with E-state index in [1.165, 1.54) is 0 Å². The Bertz CT molecular complexity index is 482. The van der Waals surface area contributed by atoms with E-state index < -0.39 is 0 Å². The molecule has 3 heteroatoms. The molecule has 0 unspecified atom stereocenters. The Kier molecular flexibility index (Phi) is 2.46. The number of nitrogens with zero attached hydrogens (tertiary/aromatic N) is 1. The summed E-state index contributed by atoms with van der Waals surface area (Å²) in [6.07, 6.45) is 0.743. The second-order valence-corrected chi connectivity index (χ2v) is 3.24. The van der Waals surface area contributed by atoms with Gasteiger partial charge in [0, 0.05) is 11.3 Å².